The second-order valence-electron chi connectivity index (χ2n) is 5.04. The molecular formula is C14H14N4O3. The van der Waals surface area contributed by atoms with E-state index in [1.807, 2.05) is 0 Å². The number of carbonyl (C=O) groups is 2. The summed E-state index contributed by atoms with van der Waals surface area (Å²) in [5, 5.41) is 2.55. The highest BCUT2D eigenvalue weighted by Crippen LogP contribution is 2.21. The van der Waals surface area contributed by atoms with Crippen molar-refractivity contribution in [2.45, 2.75) is 25.8 Å². The average Bonchev–Trinajstić information content (AvgIpc) is 2.40. The summed E-state index contributed by atoms with van der Waals surface area (Å²) in [7, 11) is 0. The number of aromatic nitrogens is 2. The van der Waals surface area contributed by atoms with E-state index >= 15 is 0 Å². The third-order valence-corrected chi connectivity index (χ3v) is 3.66. The van der Waals surface area contributed by atoms with Crippen LogP contribution in [0, 0.1) is 6.92 Å². The van der Waals surface area contributed by atoms with Gasteiger partial charge >= 0.3 is 0 Å². The number of fused-ring (bicyclic) bond motifs is 1. The molecule has 1 fully saturated rings. The van der Waals surface area contributed by atoms with Crippen LogP contribution in [0.1, 0.15) is 24.7 Å². The minimum atomic E-state index is -0.730. The topological polar surface area (TPSA) is 107 Å². The molecule has 1 atom stereocenters. The van der Waals surface area contributed by atoms with Crippen LogP contribution < -0.4 is 16.6 Å². The van der Waals surface area contributed by atoms with Crippen molar-refractivity contribution in [1.82, 2.24) is 14.9 Å². The Hall–Kier alpha value is -2.70. The lowest BCUT2D eigenvalue weighted by atomic mass is 10.1. The predicted molar refractivity (Wildman–Crippen MR) is 76.6 cm³/mol. The summed E-state index contributed by atoms with van der Waals surface area (Å²) >= 11 is 0. The number of hydrogen-bond acceptors (Lipinski definition) is 5. The zero-order valence-electron chi connectivity index (χ0n) is 11.4. The van der Waals surface area contributed by atoms with Crippen molar-refractivity contribution in [3.05, 3.63) is 34.4 Å². The lowest BCUT2D eigenvalue weighted by molar-refractivity contribution is -0.135. The highest BCUT2D eigenvalue weighted by molar-refractivity contribution is 5.99. The smallest absolute Gasteiger partial charge is 0.264 e. The van der Waals surface area contributed by atoms with Crippen molar-refractivity contribution in [2.75, 3.05) is 5.73 Å². The summed E-state index contributed by atoms with van der Waals surface area (Å²) in [6.45, 7) is 1.66. The van der Waals surface area contributed by atoms with Gasteiger partial charge in [-0.3, -0.25) is 24.3 Å². The number of piperidine rings is 1. The van der Waals surface area contributed by atoms with E-state index < -0.39 is 11.9 Å². The minimum absolute atomic E-state index is 0.199. The second kappa shape index (κ2) is 4.69. The molecule has 2 heterocycles. The summed E-state index contributed by atoms with van der Waals surface area (Å²) in [4.78, 5) is 40.2. The van der Waals surface area contributed by atoms with Gasteiger partial charge in [0.1, 0.15) is 11.9 Å². The summed E-state index contributed by atoms with van der Waals surface area (Å²) in [5.41, 5.74) is 6.32. The fraction of sp³-hybridized carbons (Fsp3) is 0.286. The van der Waals surface area contributed by atoms with E-state index in [9.17, 15) is 14.4 Å². The van der Waals surface area contributed by atoms with Crippen LogP contribution in [0.3, 0.4) is 0 Å². The fourth-order valence-electron chi connectivity index (χ4n) is 2.67. The van der Waals surface area contributed by atoms with E-state index in [0.717, 1.165) is 0 Å². The quantitative estimate of drug-likeness (QED) is 0.578. The first-order valence-electron chi connectivity index (χ1n) is 6.60. The Morgan fingerprint density at radius 1 is 1.33 bits per heavy atom. The van der Waals surface area contributed by atoms with Gasteiger partial charge in [-0.1, -0.05) is 6.07 Å². The van der Waals surface area contributed by atoms with Crippen LogP contribution in [0.5, 0.6) is 0 Å². The van der Waals surface area contributed by atoms with Gasteiger partial charge in [-0.05, 0) is 25.5 Å². The number of anilines is 1. The Bertz CT molecular complexity index is 825. The number of rotatable bonds is 1. The molecule has 1 aromatic carbocycles. The first-order valence-corrected chi connectivity index (χ1v) is 6.60. The zero-order valence-corrected chi connectivity index (χ0v) is 11.4. The van der Waals surface area contributed by atoms with E-state index in [1.165, 1.54) is 4.57 Å². The monoisotopic (exact) mass is 286 g/mol. The van der Waals surface area contributed by atoms with Gasteiger partial charge in [0.15, 0.2) is 0 Å². The average molecular weight is 286 g/mol. The Labute approximate surface area is 119 Å². The normalized spacial score (nSPS) is 18.8. The van der Waals surface area contributed by atoms with Crippen molar-refractivity contribution < 1.29 is 9.59 Å². The molecule has 21 heavy (non-hydrogen) atoms. The fourth-order valence-corrected chi connectivity index (χ4v) is 2.67. The SMILES string of the molecule is Cc1nc2cccc(N)c2c(=O)n1[C@H]1CCC(=O)NC1=O. The molecule has 0 radical (unpaired) electrons. The van der Waals surface area contributed by atoms with Gasteiger partial charge in [0.25, 0.3) is 5.56 Å². The molecule has 2 amide bonds. The molecule has 0 unspecified atom stereocenters. The Morgan fingerprint density at radius 2 is 2.10 bits per heavy atom. The Balaban J connectivity index is 2.24. The number of imide groups is 1. The van der Waals surface area contributed by atoms with Crippen LogP contribution in [0.4, 0.5) is 5.69 Å². The molecule has 0 aliphatic carbocycles. The lowest BCUT2D eigenvalue weighted by Crippen LogP contribution is -2.45. The van der Waals surface area contributed by atoms with Gasteiger partial charge in [0.05, 0.1) is 10.9 Å². The van der Waals surface area contributed by atoms with Gasteiger partial charge in [0.2, 0.25) is 11.8 Å². The van der Waals surface area contributed by atoms with Crippen LogP contribution in [0.2, 0.25) is 0 Å². The summed E-state index contributed by atoms with van der Waals surface area (Å²) in [6.07, 6.45) is 0.482. The first-order chi connectivity index (χ1) is 9.99. The maximum Gasteiger partial charge on any atom is 0.264 e. The number of nitrogens with two attached hydrogens (primary N) is 1. The maximum absolute atomic E-state index is 12.7. The van der Waals surface area contributed by atoms with Crippen LogP contribution in [-0.2, 0) is 9.59 Å². The van der Waals surface area contributed by atoms with Crippen molar-refractivity contribution >= 4 is 28.4 Å². The highest BCUT2D eigenvalue weighted by Gasteiger charge is 2.30. The molecule has 2 aromatic rings. The van der Waals surface area contributed by atoms with Crippen molar-refractivity contribution in [3.63, 3.8) is 0 Å². The molecule has 0 bridgehead atoms. The van der Waals surface area contributed by atoms with Crippen molar-refractivity contribution in [1.29, 1.82) is 0 Å². The summed E-state index contributed by atoms with van der Waals surface area (Å²) < 4.78 is 1.32. The molecule has 1 aliphatic heterocycles. The lowest BCUT2D eigenvalue weighted by Gasteiger charge is -2.24. The Morgan fingerprint density at radius 3 is 2.81 bits per heavy atom. The molecule has 1 saturated heterocycles. The molecule has 7 nitrogen and oxygen atoms in total. The van der Waals surface area contributed by atoms with E-state index in [2.05, 4.69) is 10.3 Å². The number of nitrogens with zero attached hydrogens (tertiary/aromatic N) is 2. The standard InChI is InChI=1S/C14H14N4O3/c1-7-16-9-4-2-3-8(15)12(9)14(21)18(7)10-5-6-11(19)17-13(10)20/h2-4,10H,5-6,15H2,1H3,(H,17,19,20)/t10-/m0/s1. The van der Waals surface area contributed by atoms with Gasteiger partial charge in [-0.15, -0.1) is 0 Å². The van der Waals surface area contributed by atoms with Gasteiger partial charge in [0, 0.05) is 12.1 Å². The number of benzene rings is 1. The summed E-state index contributed by atoms with van der Waals surface area (Å²) in [6, 6.07) is 4.32. The van der Waals surface area contributed by atoms with Gasteiger partial charge < -0.3 is 5.73 Å². The van der Waals surface area contributed by atoms with Crippen LogP contribution in [-0.4, -0.2) is 21.4 Å². The summed E-state index contributed by atoms with van der Waals surface area (Å²) in [5.74, 6) is -0.380. The zero-order chi connectivity index (χ0) is 15.1. The van der Waals surface area contributed by atoms with Gasteiger partial charge in [-0.2, -0.15) is 0 Å². The minimum Gasteiger partial charge on any atom is -0.398 e. The molecule has 1 aliphatic rings. The third-order valence-electron chi connectivity index (χ3n) is 3.66. The predicted octanol–water partition coefficient (Wildman–Crippen LogP) is 0.265. The van der Waals surface area contributed by atoms with E-state index in [4.69, 9.17) is 5.73 Å². The largest absolute Gasteiger partial charge is 0.398 e. The number of hydrogen-bond donors (Lipinski definition) is 2. The van der Waals surface area contributed by atoms with Crippen molar-refractivity contribution in [3.8, 4) is 0 Å². The molecule has 108 valence electrons. The van der Waals surface area contributed by atoms with E-state index in [1.54, 1.807) is 25.1 Å². The number of nitrogen functional groups attached to an aromatic ring is 1. The van der Waals surface area contributed by atoms with E-state index in [-0.39, 0.29) is 24.3 Å². The molecule has 7 heteroatoms. The number of amides is 2. The number of nitrogens with one attached hydrogen (secondary N) is 1. The van der Waals surface area contributed by atoms with Crippen LogP contribution in [0.15, 0.2) is 23.0 Å². The molecule has 0 spiro atoms. The Kier molecular flexibility index (Phi) is 2.97. The number of aryl methyl sites for hydroxylation is 1. The van der Waals surface area contributed by atoms with Gasteiger partial charge in [-0.25, -0.2) is 4.98 Å². The molecular weight excluding hydrogens is 272 g/mol. The highest BCUT2D eigenvalue weighted by atomic mass is 16.2. The molecule has 3 rings (SSSR count). The first kappa shape index (κ1) is 13.3. The molecule has 0 saturated carbocycles. The third kappa shape index (κ3) is 2.06. The second-order valence-corrected chi connectivity index (χ2v) is 5.04. The molecule has 3 N–H and O–H groups in total. The number of carbonyl (C=O) groups excluding carboxylic acids is 2. The van der Waals surface area contributed by atoms with Crippen LogP contribution >= 0.6 is 0 Å². The molecule has 1 aromatic heterocycles. The van der Waals surface area contributed by atoms with E-state index in [0.29, 0.717) is 22.4 Å². The van der Waals surface area contributed by atoms with Crippen molar-refractivity contribution in [2.24, 2.45) is 0 Å². The maximum atomic E-state index is 12.7. The van der Waals surface area contributed by atoms with Crippen LogP contribution in [0.25, 0.3) is 10.9 Å².